The molecule has 112 valence electrons. The highest BCUT2D eigenvalue weighted by molar-refractivity contribution is 7.88. The minimum absolute atomic E-state index is 0.182. The first kappa shape index (κ1) is 15.2. The lowest BCUT2D eigenvalue weighted by molar-refractivity contribution is -0.0303. The maximum Gasteiger partial charge on any atom is 0.211 e. The van der Waals surface area contributed by atoms with E-state index in [1.54, 1.807) is 4.31 Å². The lowest BCUT2D eigenvalue weighted by Gasteiger charge is -2.37. The third kappa shape index (κ3) is 3.90. The van der Waals surface area contributed by atoms with Crippen molar-refractivity contribution >= 4 is 10.0 Å². The minimum Gasteiger partial charge on any atom is -0.390 e. The number of aliphatic hydroxyl groups is 1. The van der Waals surface area contributed by atoms with E-state index in [1.807, 2.05) is 6.92 Å². The summed E-state index contributed by atoms with van der Waals surface area (Å²) in [7, 11) is -3.11. The van der Waals surface area contributed by atoms with E-state index in [0.29, 0.717) is 26.1 Å². The zero-order valence-corrected chi connectivity index (χ0v) is 12.7. The summed E-state index contributed by atoms with van der Waals surface area (Å²) >= 11 is 0. The smallest absolute Gasteiger partial charge is 0.211 e. The van der Waals surface area contributed by atoms with E-state index in [4.69, 9.17) is 4.74 Å². The normalized spacial score (nSPS) is 33.2. The van der Waals surface area contributed by atoms with Crippen LogP contribution in [0.2, 0.25) is 0 Å². The number of rotatable bonds is 4. The summed E-state index contributed by atoms with van der Waals surface area (Å²) < 4.78 is 30.1. The molecule has 0 aromatic carbocycles. The van der Waals surface area contributed by atoms with Gasteiger partial charge in [0.2, 0.25) is 10.0 Å². The van der Waals surface area contributed by atoms with Gasteiger partial charge in [0.05, 0.1) is 18.5 Å². The molecule has 0 bridgehead atoms. The highest BCUT2D eigenvalue weighted by Gasteiger charge is 2.38. The van der Waals surface area contributed by atoms with Crippen LogP contribution in [0, 0.1) is 11.8 Å². The zero-order valence-electron chi connectivity index (χ0n) is 11.8. The van der Waals surface area contributed by atoms with Crippen molar-refractivity contribution in [2.45, 2.75) is 38.2 Å². The van der Waals surface area contributed by atoms with Crippen LogP contribution in [0.5, 0.6) is 0 Å². The van der Waals surface area contributed by atoms with E-state index in [1.165, 1.54) is 6.26 Å². The molecule has 0 radical (unpaired) electrons. The van der Waals surface area contributed by atoms with Gasteiger partial charge in [-0.05, 0) is 38.5 Å². The molecule has 2 aliphatic rings. The second-order valence-electron chi connectivity index (χ2n) is 6.25. The maximum atomic E-state index is 11.6. The average Bonchev–Trinajstić information content (AvgIpc) is 2.81. The number of nitrogens with zero attached hydrogens (tertiary/aromatic N) is 1. The third-order valence-electron chi connectivity index (χ3n) is 4.46. The van der Waals surface area contributed by atoms with Gasteiger partial charge in [0.15, 0.2) is 0 Å². The van der Waals surface area contributed by atoms with Crippen LogP contribution >= 0.6 is 0 Å². The summed E-state index contributed by atoms with van der Waals surface area (Å²) in [6.07, 6.45) is 4.70. The molecule has 0 amide bonds. The quantitative estimate of drug-likeness (QED) is 0.833. The lowest BCUT2D eigenvalue weighted by atomic mass is 9.79. The Labute approximate surface area is 116 Å². The predicted octanol–water partition coefficient (Wildman–Crippen LogP) is 0.836. The van der Waals surface area contributed by atoms with Crippen LogP contribution in [0.4, 0.5) is 0 Å². The summed E-state index contributed by atoms with van der Waals surface area (Å²) in [5.74, 6) is 0.431. The zero-order chi connectivity index (χ0) is 14.1. The molecule has 0 aromatic rings. The predicted molar refractivity (Wildman–Crippen MR) is 73.3 cm³/mol. The second-order valence-corrected chi connectivity index (χ2v) is 8.23. The van der Waals surface area contributed by atoms with E-state index < -0.39 is 15.6 Å². The fraction of sp³-hybridized carbons (Fsp3) is 1.00. The van der Waals surface area contributed by atoms with Crippen LogP contribution in [0.3, 0.4) is 0 Å². The number of hydrogen-bond acceptors (Lipinski definition) is 4. The topological polar surface area (TPSA) is 66.8 Å². The number of piperidine rings is 1. The van der Waals surface area contributed by atoms with E-state index in [2.05, 4.69) is 0 Å². The lowest BCUT2D eigenvalue weighted by Crippen LogP contribution is -2.44. The first-order valence-corrected chi connectivity index (χ1v) is 8.89. The van der Waals surface area contributed by atoms with Gasteiger partial charge in [0.1, 0.15) is 0 Å². The molecular formula is C13H25NO4S. The molecule has 19 heavy (non-hydrogen) atoms. The summed E-state index contributed by atoms with van der Waals surface area (Å²) in [6.45, 7) is 4.37. The number of sulfonamides is 1. The third-order valence-corrected chi connectivity index (χ3v) is 5.73. The van der Waals surface area contributed by atoms with Gasteiger partial charge in [0, 0.05) is 25.6 Å². The van der Waals surface area contributed by atoms with Crippen molar-refractivity contribution in [1.82, 2.24) is 4.31 Å². The standard InChI is InChI=1S/C13H25NO4S/c1-13(15,12-5-7-18-10-12)8-11-4-3-6-14(9-11)19(2,16)17/h11-12,15H,3-10H2,1-2H3. The SMILES string of the molecule is CC(O)(CC1CCCN(S(C)(=O)=O)C1)C1CCOC1. The molecule has 1 N–H and O–H groups in total. The molecule has 2 saturated heterocycles. The monoisotopic (exact) mass is 291 g/mol. The van der Waals surface area contributed by atoms with Crippen LogP contribution in [0.15, 0.2) is 0 Å². The molecule has 2 heterocycles. The Bertz CT molecular complexity index is 401. The molecule has 3 atom stereocenters. The van der Waals surface area contributed by atoms with E-state index in [-0.39, 0.29) is 11.8 Å². The van der Waals surface area contributed by atoms with Gasteiger partial charge in [-0.3, -0.25) is 0 Å². The Balaban J connectivity index is 1.94. The van der Waals surface area contributed by atoms with Gasteiger partial charge in [-0.1, -0.05) is 0 Å². The number of hydrogen-bond donors (Lipinski definition) is 1. The Morgan fingerprint density at radius 1 is 1.42 bits per heavy atom. The molecule has 2 fully saturated rings. The Morgan fingerprint density at radius 2 is 2.16 bits per heavy atom. The Hall–Kier alpha value is -0.170. The van der Waals surface area contributed by atoms with Gasteiger partial charge < -0.3 is 9.84 Å². The maximum absolute atomic E-state index is 11.6. The van der Waals surface area contributed by atoms with Gasteiger partial charge in [-0.25, -0.2) is 12.7 Å². The summed E-state index contributed by atoms with van der Waals surface area (Å²) in [5, 5.41) is 10.6. The van der Waals surface area contributed by atoms with Crippen molar-refractivity contribution in [2.24, 2.45) is 11.8 Å². The van der Waals surface area contributed by atoms with Crippen molar-refractivity contribution in [2.75, 3.05) is 32.6 Å². The van der Waals surface area contributed by atoms with Gasteiger partial charge in [0.25, 0.3) is 0 Å². The van der Waals surface area contributed by atoms with Crippen molar-refractivity contribution in [1.29, 1.82) is 0 Å². The van der Waals surface area contributed by atoms with Crippen molar-refractivity contribution in [3.8, 4) is 0 Å². The van der Waals surface area contributed by atoms with Crippen molar-refractivity contribution in [3.05, 3.63) is 0 Å². The second kappa shape index (κ2) is 5.68. The van der Waals surface area contributed by atoms with E-state index in [9.17, 15) is 13.5 Å². The van der Waals surface area contributed by atoms with E-state index in [0.717, 1.165) is 25.9 Å². The highest BCUT2D eigenvalue weighted by Crippen LogP contribution is 2.34. The molecular weight excluding hydrogens is 266 g/mol. The van der Waals surface area contributed by atoms with Gasteiger partial charge >= 0.3 is 0 Å². The van der Waals surface area contributed by atoms with Crippen molar-refractivity contribution < 1.29 is 18.3 Å². The summed E-state index contributed by atoms with van der Waals surface area (Å²) in [6, 6.07) is 0. The molecule has 5 nitrogen and oxygen atoms in total. The molecule has 0 spiro atoms. The van der Waals surface area contributed by atoms with Crippen LogP contribution in [0.1, 0.15) is 32.6 Å². The summed E-state index contributed by atoms with van der Waals surface area (Å²) in [4.78, 5) is 0. The first-order chi connectivity index (χ1) is 8.79. The van der Waals surface area contributed by atoms with Gasteiger partial charge in [-0.2, -0.15) is 0 Å². The Kier molecular flexibility index (Phi) is 4.55. The summed E-state index contributed by atoms with van der Waals surface area (Å²) in [5.41, 5.74) is -0.748. The average molecular weight is 291 g/mol. The highest BCUT2D eigenvalue weighted by atomic mass is 32.2. The largest absolute Gasteiger partial charge is 0.390 e. The first-order valence-electron chi connectivity index (χ1n) is 7.04. The Morgan fingerprint density at radius 3 is 2.74 bits per heavy atom. The molecule has 6 heteroatoms. The molecule has 0 saturated carbocycles. The van der Waals surface area contributed by atoms with Gasteiger partial charge in [-0.15, -0.1) is 0 Å². The molecule has 0 aromatic heterocycles. The van der Waals surface area contributed by atoms with Crippen LogP contribution in [0.25, 0.3) is 0 Å². The van der Waals surface area contributed by atoms with Crippen LogP contribution in [-0.4, -0.2) is 56.0 Å². The van der Waals surface area contributed by atoms with Crippen LogP contribution < -0.4 is 0 Å². The number of ether oxygens (including phenoxy) is 1. The van der Waals surface area contributed by atoms with E-state index >= 15 is 0 Å². The molecule has 3 unspecified atom stereocenters. The molecule has 2 rings (SSSR count). The van der Waals surface area contributed by atoms with Crippen molar-refractivity contribution in [3.63, 3.8) is 0 Å². The molecule has 0 aliphatic carbocycles. The minimum atomic E-state index is -3.11. The fourth-order valence-corrected chi connectivity index (χ4v) is 4.21. The fourth-order valence-electron chi connectivity index (χ4n) is 3.27. The van der Waals surface area contributed by atoms with Crippen LogP contribution in [-0.2, 0) is 14.8 Å². The molecule has 2 aliphatic heterocycles.